The summed E-state index contributed by atoms with van der Waals surface area (Å²) in [7, 11) is 0. The molecule has 0 radical (unpaired) electrons. The first kappa shape index (κ1) is 18.8. The minimum absolute atomic E-state index is 0.0553. The predicted molar refractivity (Wildman–Crippen MR) is 102 cm³/mol. The lowest BCUT2D eigenvalue weighted by Crippen LogP contribution is -2.55. The van der Waals surface area contributed by atoms with Gasteiger partial charge in [0.05, 0.1) is 0 Å². The molecule has 1 aromatic carbocycles. The van der Waals surface area contributed by atoms with Gasteiger partial charge < -0.3 is 4.90 Å². The van der Waals surface area contributed by atoms with Crippen LogP contribution in [0.15, 0.2) is 16.6 Å². The van der Waals surface area contributed by atoms with Gasteiger partial charge in [-0.15, -0.1) is 0 Å². The first-order valence-electron chi connectivity index (χ1n) is 8.40. The molecule has 130 valence electrons. The summed E-state index contributed by atoms with van der Waals surface area (Å²) in [6.07, 6.45) is 0. The van der Waals surface area contributed by atoms with Crippen LogP contribution < -0.4 is 4.90 Å². The van der Waals surface area contributed by atoms with Crippen LogP contribution in [0.1, 0.15) is 67.9 Å². The third-order valence-corrected chi connectivity index (χ3v) is 5.98. The maximum atomic E-state index is 15.2. The predicted octanol–water partition coefficient (Wildman–Crippen LogP) is 6.54. The highest BCUT2D eigenvalue weighted by Gasteiger charge is 2.59. The zero-order valence-corrected chi connectivity index (χ0v) is 17.7. The summed E-state index contributed by atoms with van der Waals surface area (Å²) in [6, 6.07) is 3.71. The number of halogens is 2. The van der Waals surface area contributed by atoms with Crippen molar-refractivity contribution in [3.8, 4) is 0 Å². The third kappa shape index (κ3) is 2.73. The Balaban J connectivity index is 2.91. The van der Waals surface area contributed by atoms with E-state index in [1.807, 2.05) is 0 Å². The van der Waals surface area contributed by atoms with E-state index in [9.17, 15) is 0 Å². The second kappa shape index (κ2) is 5.21. The van der Waals surface area contributed by atoms with Gasteiger partial charge >= 0.3 is 0 Å². The van der Waals surface area contributed by atoms with Crippen LogP contribution in [0.3, 0.4) is 0 Å². The van der Waals surface area contributed by atoms with Crippen LogP contribution in [0.25, 0.3) is 0 Å². The zero-order valence-electron chi connectivity index (χ0n) is 16.1. The maximum Gasteiger partial charge on any atom is 0.130 e. The topological polar surface area (TPSA) is 3.24 Å². The van der Waals surface area contributed by atoms with Crippen LogP contribution in [0.2, 0.25) is 0 Å². The summed E-state index contributed by atoms with van der Waals surface area (Å²) in [5, 5.41) is 0. The molecule has 0 amide bonds. The molecular formula is C20H31BrFN. The average Bonchev–Trinajstić information content (AvgIpc) is 2.63. The quantitative estimate of drug-likeness (QED) is 0.491. The monoisotopic (exact) mass is 383 g/mol. The number of benzene rings is 1. The van der Waals surface area contributed by atoms with Gasteiger partial charge in [-0.2, -0.15) is 0 Å². The van der Waals surface area contributed by atoms with E-state index < -0.39 is 0 Å². The summed E-state index contributed by atoms with van der Waals surface area (Å²) >= 11 is 3.48. The Bertz CT molecular complexity index is 600. The summed E-state index contributed by atoms with van der Waals surface area (Å²) in [6.45, 7) is 20.9. The molecule has 1 aliphatic heterocycles. The molecule has 0 atom stereocenters. The molecular weight excluding hydrogens is 353 g/mol. The highest BCUT2D eigenvalue weighted by Crippen LogP contribution is 2.61. The number of rotatable bonds is 0. The molecule has 0 bridgehead atoms. The van der Waals surface area contributed by atoms with Crippen molar-refractivity contribution in [2.24, 2.45) is 10.8 Å². The minimum Gasteiger partial charge on any atom is -0.365 e. The molecule has 1 aromatic rings. The fourth-order valence-electron chi connectivity index (χ4n) is 4.54. The third-order valence-electron chi connectivity index (χ3n) is 5.52. The molecule has 0 spiro atoms. The first-order chi connectivity index (χ1) is 10.1. The zero-order chi connectivity index (χ0) is 18.0. The summed E-state index contributed by atoms with van der Waals surface area (Å²) in [5.41, 5.74) is 1.49. The fraction of sp³-hybridized carbons (Fsp3) is 0.700. The molecule has 0 unspecified atom stereocenters. The molecule has 0 saturated heterocycles. The largest absolute Gasteiger partial charge is 0.365 e. The standard InChI is InChI=1S/C20H31BrFN/c1-17(2,3)20(18(4,5)6)12-23(19(7,8)9)15-11-13(21)10-14(22)16(15)20/h10-11H,12H2,1-9H3. The Labute approximate surface area is 149 Å². The second-order valence-corrected chi connectivity index (χ2v) is 10.9. The van der Waals surface area contributed by atoms with Crippen molar-refractivity contribution in [2.75, 3.05) is 11.4 Å². The molecule has 0 aromatic heterocycles. The van der Waals surface area contributed by atoms with Crippen LogP contribution in [0.5, 0.6) is 0 Å². The van der Waals surface area contributed by atoms with Gasteiger partial charge in [-0.1, -0.05) is 57.5 Å². The smallest absolute Gasteiger partial charge is 0.130 e. The molecule has 1 nitrogen and oxygen atoms in total. The lowest BCUT2D eigenvalue weighted by Gasteiger charge is -2.52. The first-order valence-corrected chi connectivity index (χ1v) is 9.19. The fourth-order valence-corrected chi connectivity index (χ4v) is 4.96. The van der Waals surface area contributed by atoms with Gasteiger partial charge in [-0.25, -0.2) is 4.39 Å². The summed E-state index contributed by atoms with van der Waals surface area (Å²) in [5.74, 6) is -0.0917. The Morgan fingerprint density at radius 2 is 1.43 bits per heavy atom. The van der Waals surface area contributed by atoms with Gasteiger partial charge in [0.15, 0.2) is 0 Å². The van der Waals surface area contributed by atoms with E-state index in [0.717, 1.165) is 22.3 Å². The molecule has 0 aliphatic carbocycles. The number of hydrogen-bond acceptors (Lipinski definition) is 1. The maximum absolute atomic E-state index is 15.2. The number of fused-ring (bicyclic) bond motifs is 1. The number of anilines is 1. The van der Waals surface area contributed by atoms with E-state index in [1.165, 1.54) is 0 Å². The van der Waals surface area contributed by atoms with E-state index in [0.29, 0.717) is 0 Å². The molecule has 1 aliphatic rings. The van der Waals surface area contributed by atoms with Gasteiger partial charge in [-0.3, -0.25) is 0 Å². The molecule has 3 heteroatoms. The normalized spacial score (nSPS) is 18.3. The molecule has 23 heavy (non-hydrogen) atoms. The van der Waals surface area contributed by atoms with Crippen LogP contribution in [-0.2, 0) is 5.41 Å². The average molecular weight is 384 g/mol. The van der Waals surface area contributed by atoms with Crippen LogP contribution in [-0.4, -0.2) is 12.1 Å². The van der Waals surface area contributed by atoms with Gasteiger partial charge in [-0.05, 0) is 43.7 Å². The molecule has 1 heterocycles. The van der Waals surface area contributed by atoms with Crippen molar-refractivity contribution in [2.45, 2.75) is 73.3 Å². The van der Waals surface area contributed by atoms with Crippen LogP contribution in [0.4, 0.5) is 10.1 Å². The van der Waals surface area contributed by atoms with Crippen molar-refractivity contribution in [3.05, 3.63) is 28.0 Å². The van der Waals surface area contributed by atoms with E-state index in [2.05, 4.69) is 89.2 Å². The van der Waals surface area contributed by atoms with E-state index >= 15 is 4.39 Å². The number of nitrogens with zero attached hydrogens (tertiary/aromatic N) is 1. The highest BCUT2D eigenvalue weighted by atomic mass is 79.9. The van der Waals surface area contributed by atoms with Gasteiger partial charge in [0.2, 0.25) is 0 Å². The molecule has 0 N–H and O–H groups in total. The van der Waals surface area contributed by atoms with Crippen molar-refractivity contribution < 1.29 is 4.39 Å². The Hall–Kier alpha value is -0.570. The van der Waals surface area contributed by atoms with Crippen LogP contribution in [0, 0.1) is 16.6 Å². The Kier molecular flexibility index (Phi) is 4.25. The Morgan fingerprint density at radius 3 is 1.83 bits per heavy atom. The highest BCUT2D eigenvalue weighted by molar-refractivity contribution is 9.10. The second-order valence-electron chi connectivity index (χ2n) is 9.94. The molecule has 0 saturated carbocycles. The van der Waals surface area contributed by atoms with E-state index in [1.54, 1.807) is 6.07 Å². The van der Waals surface area contributed by atoms with Crippen molar-refractivity contribution in [1.29, 1.82) is 0 Å². The van der Waals surface area contributed by atoms with Crippen molar-refractivity contribution in [3.63, 3.8) is 0 Å². The number of hydrogen-bond donors (Lipinski definition) is 0. The summed E-state index contributed by atoms with van der Waals surface area (Å²) in [4.78, 5) is 2.38. The minimum atomic E-state index is -0.257. The Morgan fingerprint density at radius 1 is 0.957 bits per heavy atom. The van der Waals surface area contributed by atoms with Gasteiger partial charge in [0.1, 0.15) is 5.82 Å². The lowest BCUT2D eigenvalue weighted by molar-refractivity contribution is 0.0604. The SMILES string of the molecule is CC(C)(C)N1CC(C(C)(C)C)(C(C)(C)C)c2c(F)cc(Br)cc21. The van der Waals surface area contributed by atoms with E-state index in [4.69, 9.17) is 0 Å². The van der Waals surface area contributed by atoms with E-state index in [-0.39, 0.29) is 27.6 Å². The van der Waals surface area contributed by atoms with Crippen molar-refractivity contribution in [1.82, 2.24) is 0 Å². The van der Waals surface area contributed by atoms with Gasteiger partial charge in [0, 0.05) is 33.2 Å². The lowest BCUT2D eigenvalue weighted by atomic mass is 9.52. The van der Waals surface area contributed by atoms with Gasteiger partial charge in [0.25, 0.3) is 0 Å². The molecule has 0 fully saturated rings. The van der Waals surface area contributed by atoms with Crippen molar-refractivity contribution >= 4 is 21.6 Å². The van der Waals surface area contributed by atoms with Crippen LogP contribution >= 0.6 is 15.9 Å². The summed E-state index contributed by atoms with van der Waals surface area (Å²) < 4.78 is 16.0. The molecule has 2 rings (SSSR count).